The molecule has 0 aromatic rings. The van der Waals surface area contributed by atoms with E-state index in [9.17, 15) is 0 Å². The van der Waals surface area contributed by atoms with Gasteiger partial charge in [0.25, 0.3) is 0 Å². The van der Waals surface area contributed by atoms with E-state index in [-0.39, 0.29) is 0 Å². The maximum Gasteiger partial charge on any atom is 0.186 e. The van der Waals surface area contributed by atoms with Crippen molar-refractivity contribution in [2.75, 3.05) is 6.61 Å². The third kappa shape index (κ3) is 22.2. The second-order valence-corrected chi connectivity index (χ2v) is 13.7. The second-order valence-electron chi connectivity index (χ2n) is 9.36. The molecule has 168 valence electrons. The van der Waals surface area contributed by atoms with Crippen molar-refractivity contribution in [1.82, 2.24) is 0 Å². The summed E-state index contributed by atoms with van der Waals surface area (Å²) in [6, 6.07) is 1.33. The van der Waals surface area contributed by atoms with Crippen molar-refractivity contribution in [2.45, 2.75) is 149 Å². The lowest BCUT2D eigenvalue weighted by Crippen LogP contribution is -2.30. The normalized spacial score (nSPS) is 12.3. The molecule has 2 heteroatoms. The number of allylic oxidation sites excluding steroid dienone is 2. The van der Waals surface area contributed by atoms with Crippen LogP contribution in [0.1, 0.15) is 129 Å². The van der Waals surface area contributed by atoms with Crippen LogP contribution in [0, 0.1) is 0 Å². The third-order valence-corrected chi connectivity index (χ3v) is 8.32. The van der Waals surface area contributed by atoms with Gasteiger partial charge in [0.2, 0.25) is 0 Å². The van der Waals surface area contributed by atoms with E-state index in [1.807, 2.05) is 0 Å². The average Bonchev–Trinajstić information content (AvgIpc) is 2.68. The zero-order chi connectivity index (χ0) is 20.8. The molecule has 0 unspecified atom stereocenters. The molecule has 0 aromatic carbocycles. The van der Waals surface area contributed by atoms with E-state index in [0.717, 1.165) is 6.61 Å². The molecule has 0 aliphatic heterocycles. The SMILES string of the molecule is CCCCCCCC=CCCCCCCCCCCCO[Si](C)(C)CCCC. The van der Waals surface area contributed by atoms with Gasteiger partial charge in [0, 0.05) is 6.61 Å². The third-order valence-electron chi connectivity index (χ3n) is 5.78. The lowest BCUT2D eigenvalue weighted by atomic mass is 10.1. The fourth-order valence-electron chi connectivity index (χ4n) is 3.73. The van der Waals surface area contributed by atoms with Crippen molar-refractivity contribution in [1.29, 1.82) is 0 Å². The highest BCUT2D eigenvalue weighted by Crippen LogP contribution is 2.16. The van der Waals surface area contributed by atoms with Crippen LogP contribution in [-0.4, -0.2) is 14.9 Å². The van der Waals surface area contributed by atoms with Crippen LogP contribution in [0.5, 0.6) is 0 Å². The standard InChI is InChI=1S/C26H54OSi/c1-5-7-9-10-11-12-13-14-15-16-17-18-19-20-21-22-23-24-25-27-28(3,4)26-8-6-2/h13-14H,5-12,15-26H2,1-4H3. The Labute approximate surface area is 180 Å². The lowest BCUT2D eigenvalue weighted by molar-refractivity contribution is 0.293. The van der Waals surface area contributed by atoms with Crippen molar-refractivity contribution in [3.05, 3.63) is 12.2 Å². The molecular formula is C26H54OSi. The van der Waals surface area contributed by atoms with Gasteiger partial charge in [-0.1, -0.05) is 109 Å². The first-order chi connectivity index (χ1) is 13.6. The van der Waals surface area contributed by atoms with E-state index in [2.05, 4.69) is 39.1 Å². The lowest BCUT2D eigenvalue weighted by Gasteiger charge is -2.22. The maximum absolute atomic E-state index is 6.19. The van der Waals surface area contributed by atoms with E-state index in [4.69, 9.17) is 4.43 Å². The molecule has 0 fully saturated rings. The van der Waals surface area contributed by atoms with Crippen LogP contribution in [0.3, 0.4) is 0 Å². The van der Waals surface area contributed by atoms with Crippen molar-refractivity contribution in [2.24, 2.45) is 0 Å². The predicted molar refractivity (Wildman–Crippen MR) is 132 cm³/mol. The monoisotopic (exact) mass is 410 g/mol. The molecule has 0 bridgehead atoms. The Morgan fingerprint density at radius 1 is 0.536 bits per heavy atom. The second kappa shape index (κ2) is 21.6. The Kier molecular flexibility index (Phi) is 21.6. The van der Waals surface area contributed by atoms with E-state index >= 15 is 0 Å². The molecule has 0 N–H and O–H groups in total. The highest BCUT2D eigenvalue weighted by atomic mass is 28.4. The molecule has 28 heavy (non-hydrogen) atoms. The Morgan fingerprint density at radius 3 is 1.46 bits per heavy atom. The van der Waals surface area contributed by atoms with Gasteiger partial charge in [0.15, 0.2) is 8.32 Å². The van der Waals surface area contributed by atoms with E-state index in [1.54, 1.807) is 0 Å². The molecule has 0 aliphatic carbocycles. The number of rotatable bonds is 22. The zero-order valence-electron chi connectivity index (χ0n) is 20.2. The first-order valence-corrected chi connectivity index (χ1v) is 16.0. The van der Waals surface area contributed by atoms with Crippen molar-refractivity contribution < 1.29 is 4.43 Å². The summed E-state index contributed by atoms with van der Waals surface area (Å²) in [6.07, 6.45) is 29.7. The van der Waals surface area contributed by atoms with Gasteiger partial charge in [0.1, 0.15) is 0 Å². The summed E-state index contributed by atoms with van der Waals surface area (Å²) in [5, 5.41) is 0. The van der Waals surface area contributed by atoms with E-state index in [0.29, 0.717) is 0 Å². The van der Waals surface area contributed by atoms with Gasteiger partial charge in [-0.05, 0) is 51.2 Å². The smallest absolute Gasteiger partial charge is 0.186 e. The van der Waals surface area contributed by atoms with Gasteiger partial charge in [-0.3, -0.25) is 0 Å². The summed E-state index contributed by atoms with van der Waals surface area (Å²) in [4.78, 5) is 0. The van der Waals surface area contributed by atoms with Crippen LogP contribution in [0.25, 0.3) is 0 Å². The van der Waals surface area contributed by atoms with Crippen LogP contribution >= 0.6 is 0 Å². The summed E-state index contributed by atoms with van der Waals surface area (Å²) < 4.78 is 6.19. The quantitative estimate of drug-likeness (QED) is 0.0979. The molecule has 0 rings (SSSR count). The minimum absolute atomic E-state index is 1.01. The Bertz CT molecular complexity index is 324. The van der Waals surface area contributed by atoms with E-state index < -0.39 is 8.32 Å². The summed E-state index contributed by atoms with van der Waals surface area (Å²) in [5.41, 5.74) is 0. The Balaban J connectivity index is 3.19. The molecule has 0 saturated carbocycles. The molecule has 0 aliphatic rings. The highest BCUT2D eigenvalue weighted by molar-refractivity contribution is 6.71. The molecule has 0 heterocycles. The first kappa shape index (κ1) is 27.9. The largest absolute Gasteiger partial charge is 0.417 e. The molecule has 0 radical (unpaired) electrons. The van der Waals surface area contributed by atoms with Crippen LogP contribution < -0.4 is 0 Å². The molecule has 0 atom stereocenters. The van der Waals surface area contributed by atoms with Crippen molar-refractivity contribution in [3.8, 4) is 0 Å². The van der Waals surface area contributed by atoms with Crippen LogP contribution in [-0.2, 0) is 4.43 Å². The number of unbranched alkanes of at least 4 members (excludes halogenated alkanes) is 15. The highest BCUT2D eigenvalue weighted by Gasteiger charge is 2.20. The summed E-state index contributed by atoms with van der Waals surface area (Å²) in [6.45, 7) is 10.3. The minimum Gasteiger partial charge on any atom is -0.417 e. The fourth-order valence-corrected chi connectivity index (χ4v) is 5.77. The first-order valence-electron chi connectivity index (χ1n) is 12.9. The maximum atomic E-state index is 6.19. The topological polar surface area (TPSA) is 9.23 Å². The van der Waals surface area contributed by atoms with Gasteiger partial charge in [-0.15, -0.1) is 0 Å². The van der Waals surface area contributed by atoms with Gasteiger partial charge in [-0.2, -0.15) is 0 Å². The predicted octanol–water partition coefficient (Wildman–Crippen LogP) is 9.83. The average molecular weight is 411 g/mol. The van der Waals surface area contributed by atoms with E-state index in [1.165, 1.54) is 122 Å². The van der Waals surface area contributed by atoms with Gasteiger partial charge >= 0.3 is 0 Å². The number of hydrogen-bond acceptors (Lipinski definition) is 1. The molecule has 0 amide bonds. The zero-order valence-corrected chi connectivity index (χ0v) is 21.2. The summed E-state index contributed by atoms with van der Waals surface area (Å²) in [5.74, 6) is 0. The molecule has 0 spiro atoms. The molecular weight excluding hydrogens is 356 g/mol. The van der Waals surface area contributed by atoms with Crippen LogP contribution in [0.15, 0.2) is 12.2 Å². The molecule has 0 aromatic heterocycles. The number of hydrogen-bond donors (Lipinski definition) is 0. The molecule has 0 saturated heterocycles. The fraction of sp³-hybridized carbons (Fsp3) is 0.923. The van der Waals surface area contributed by atoms with Gasteiger partial charge < -0.3 is 4.43 Å². The minimum atomic E-state index is -1.34. The van der Waals surface area contributed by atoms with Crippen LogP contribution in [0.4, 0.5) is 0 Å². The molecule has 1 nitrogen and oxygen atoms in total. The van der Waals surface area contributed by atoms with Crippen molar-refractivity contribution >= 4 is 8.32 Å². The van der Waals surface area contributed by atoms with Crippen LogP contribution in [0.2, 0.25) is 19.1 Å². The summed E-state index contributed by atoms with van der Waals surface area (Å²) in [7, 11) is -1.34. The summed E-state index contributed by atoms with van der Waals surface area (Å²) >= 11 is 0. The van der Waals surface area contributed by atoms with Crippen molar-refractivity contribution in [3.63, 3.8) is 0 Å². The van der Waals surface area contributed by atoms with Gasteiger partial charge in [0.05, 0.1) is 0 Å². The Hall–Kier alpha value is -0.0831. The van der Waals surface area contributed by atoms with Gasteiger partial charge in [-0.25, -0.2) is 0 Å². The Morgan fingerprint density at radius 2 is 0.964 bits per heavy atom.